The molecule has 0 saturated carbocycles. The smallest absolute Gasteiger partial charge is 0.270 e. The summed E-state index contributed by atoms with van der Waals surface area (Å²) in [6.07, 6.45) is 3.34. The number of benzene rings is 2. The second-order valence-corrected chi connectivity index (χ2v) is 6.45. The maximum atomic E-state index is 11.3. The number of non-ortho nitro benzene ring substituents is 1. The number of aryl methyl sites for hydroxylation is 1. The number of aromatic nitrogens is 3. The van der Waals surface area contributed by atoms with Crippen molar-refractivity contribution in [2.24, 2.45) is 0 Å². The van der Waals surface area contributed by atoms with Crippen LogP contribution in [0.4, 0.5) is 11.5 Å². The Bertz CT molecular complexity index is 1200. The lowest BCUT2D eigenvalue weighted by atomic mass is 9.95. The highest BCUT2D eigenvalue weighted by molar-refractivity contribution is 5.87. The maximum absolute atomic E-state index is 11.3. The van der Waals surface area contributed by atoms with Gasteiger partial charge in [-0.3, -0.25) is 10.1 Å². The van der Waals surface area contributed by atoms with Crippen LogP contribution in [0, 0.1) is 24.0 Å². The number of fused-ring (bicyclic) bond motifs is 1. The summed E-state index contributed by atoms with van der Waals surface area (Å²) in [4.78, 5) is 19.1. The van der Waals surface area contributed by atoms with Gasteiger partial charge >= 0.3 is 0 Å². The molecule has 7 nitrogen and oxygen atoms in total. The van der Waals surface area contributed by atoms with Crippen molar-refractivity contribution in [1.29, 1.82) is 0 Å². The van der Waals surface area contributed by atoms with Crippen LogP contribution >= 0.6 is 0 Å². The minimum atomic E-state index is -0.360. The summed E-state index contributed by atoms with van der Waals surface area (Å²) >= 11 is 0. The Kier molecular flexibility index (Phi) is 3.84. The molecule has 0 spiro atoms. The molecule has 27 heavy (non-hydrogen) atoms. The standard InChI is InChI=1S/C20H17N5O2/c1-12-7-16(25(26)27)9-17(13(12)2)15-4-3-14-5-6-24(18(14)8-15)20-10-19(21)22-11-23-20/h3-11H,1-2H3,(H2,21,22,23). The van der Waals surface area contributed by atoms with Gasteiger partial charge in [0.05, 0.1) is 10.4 Å². The first kappa shape index (κ1) is 16.7. The van der Waals surface area contributed by atoms with Crippen molar-refractivity contribution in [1.82, 2.24) is 14.5 Å². The van der Waals surface area contributed by atoms with Crippen molar-refractivity contribution in [3.8, 4) is 16.9 Å². The topological polar surface area (TPSA) is 99.9 Å². The molecule has 4 rings (SSSR count). The quantitative estimate of drug-likeness (QED) is 0.436. The Hall–Kier alpha value is -3.74. The molecule has 0 saturated heterocycles. The zero-order valence-electron chi connectivity index (χ0n) is 14.9. The number of anilines is 1. The van der Waals surface area contributed by atoms with Crippen LogP contribution in [0.25, 0.3) is 27.8 Å². The van der Waals surface area contributed by atoms with E-state index in [4.69, 9.17) is 5.73 Å². The van der Waals surface area contributed by atoms with Gasteiger partial charge in [0.15, 0.2) is 0 Å². The average Bonchev–Trinajstić information content (AvgIpc) is 3.07. The van der Waals surface area contributed by atoms with Gasteiger partial charge in [0.1, 0.15) is 18.0 Å². The molecular weight excluding hydrogens is 342 g/mol. The molecule has 4 aromatic rings. The largest absolute Gasteiger partial charge is 0.384 e. The van der Waals surface area contributed by atoms with Gasteiger partial charge in [-0.15, -0.1) is 0 Å². The fraction of sp³-hybridized carbons (Fsp3) is 0.100. The fourth-order valence-corrected chi connectivity index (χ4v) is 3.23. The van der Waals surface area contributed by atoms with Crippen LogP contribution in [0.5, 0.6) is 0 Å². The summed E-state index contributed by atoms with van der Waals surface area (Å²) in [5.41, 5.74) is 10.5. The van der Waals surface area contributed by atoms with E-state index in [0.717, 1.165) is 33.2 Å². The third-order valence-corrected chi connectivity index (χ3v) is 4.79. The predicted molar refractivity (Wildman–Crippen MR) is 105 cm³/mol. The van der Waals surface area contributed by atoms with Gasteiger partial charge in [-0.05, 0) is 48.2 Å². The third kappa shape index (κ3) is 2.89. The van der Waals surface area contributed by atoms with Gasteiger partial charge < -0.3 is 10.3 Å². The molecule has 134 valence electrons. The van der Waals surface area contributed by atoms with Gasteiger partial charge in [-0.1, -0.05) is 12.1 Å². The summed E-state index contributed by atoms with van der Waals surface area (Å²) in [5, 5.41) is 12.3. The number of nitro groups is 1. The zero-order chi connectivity index (χ0) is 19.1. The van der Waals surface area contributed by atoms with Crippen LogP contribution in [0.15, 0.2) is 55.0 Å². The molecule has 0 aliphatic carbocycles. The van der Waals surface area contributed by atoms with Crippen molar-refractivity contribution < 1.29 is 4.92 Å². The van der Waals surface area contributed by atoms with Crippen molar-refractivity contribution in [2.45, 2.75) is 13.8 Å². The van der Waals surface area contributed by atoms with Gasteiger partial charge in [0.25, 0.3) is 5.69 Å². The fourth-order valence-electron chi connectivity index (χ4n) is 3.23. The van der Waals surface area contributed by atoms with E-state index >= 15 is 0 Å². The third-order valence-electron chi connectivity index (χ3n) is 4.79. The lowest BCUT2D eigenvalue weighted by molar-refractivity contribution is -0.384. The minimum Gasteiger partial charge on any atom is -0.384 e. The number of nitro benzene ring substituents is 1. The van der Waals surface area contributed by atoms with E-state index in [-0.39, 0.29) is 10.6 Å². The summed E-state index contributed by atoms with van der Waals surface area (Å²) < 4.78 is 1.93. The van der Waals surface area contributed by atoms with E-state index in [1.807, 2.05) is 48.9 Å². The molecule has 0 unspecified atom stereocenters. The van der Waals surface area contributed by atoms with Crippen molar-refractivity contribution in [3.05, 3.63) is 76.2 Å². The minimum absolute atomic E-state index is 0.0900. The molecule has 7 heteroatoms. The van der Waals surface area contributed by atoms with E-state index in [9.17, 15) is 10.1 Å². The Balaban J connectivity index is 1.92. The molecule has 0 amide bonds. The molecule has 0 aliphatic heterocycles. The Labute approximate surface area is 155 Å². The molecule has 0 bridgehead atoms. The van der Waals surface area contributed by atoms with Gasteiger partial charge in [0, 0.05) is 29.8 Å². The normalized spacial score (nSPS) is 11.0. The monoisotopic (exact) mass is 359 g/mol. The number of hydrogen-bond acceptors (Lipinski definition) is 5. The summed E-state index contributed by atoms with van der Waals surface area (Å²) in [6, 6.07) is 12.9. The highest BCUT2D eigenvalue weighted by Crippen LogP contribution is 2.33. The summed E-state index contributed by atoms with van der Waals surface area (Å²) in [7, 11) is 0. The van der Waals surface area contributed by atoms with Gasteiger partial charge in [-0.2, -0.15) is 0 Å². The first-order chi connectivity index (χ1) is 12.9. The maximum Gasteiger partial charge on any atom is 0.270 e. The highest BCUT2D eigenvalue weighted by Gasteiger charge is 2.14. The van der Waals surface area contributed by atoms with E-state index in [1.165, 1.54) is 6.33 Å². The van der Waals surface area contributed by atoms with E-state index in [0.29, 0.717) is 11.6 Å². The van der Waals surface area contributed by atoms with Crippen LogP contribution in [-0.2, 0) is 0 Å². The molecule has 2 aromatic heterocycles. The molecule has 0 aliphatic rings. The first-order valence-corrected chi connectivity index (χ1v) is 8.39. The molecule has 0 radical (unpaired) electrons. The zero-order valence-corrected chi connectivity index (χ0v) is 14.9. The number of hydrogen-bond donors (Lipinski definition) is 1. The van der Waals surface area contributed by atoms with E-state index in [1.54, 1.807) is 18.2 Å². The van der Waals surface area contributed by atoms with Gasteiger partial charge in [0.2, 0.25) is 0 Å². The summed E-state index contributed by atoms with van der Waals surface area (Å²) in [5.74, 6) is 1.06. The number of rotatable bonds is 3. The number of nitrogens with zero attached hydrogens (tertiary/aromatic N) is 4. The summed E-state index contributed by atoms with van der Waals surface area (Å²) in [6.45, 7) is 3.86. The Morgan fingerprint density at radius 3 is 2.63 bits per heavy atom. The van der Waals surface area contributed by atoms with Crippen molar-refractivity contribution >= 4 is 22.4 Å². The van der Waals surface area contributed by atoms with E-state index < -0.39 is 0 Å². The second kappa shape index (κ2) is 6.21. The number of nitrogens with two attached hydrogens (primary N) is 1. The average molecular weight is 359 g/mol. The van der Waals surface area contributed by atoms with Crippen LogP contribution in [0.3, 0.4) is 0 Å². The molecular formula is C20H17N5O2. The lowest BCUT2D eigenvalue weighted by Crippen LogP contribution is -1.99. The molecule has 0 fully saturated rings. The lowest BCUT2D eigenvalue weighted by Gasteiger charge is -2.11. The van der Waals surface area contributed by atoms with Crippen LogP contribution < -0.4 is 5.73 Å². The SMILES string of the molecule is Cc1cc([N+](=O)[O-])cc(-c2ccc3ccn(-c4cc(N)ncn4)c3c2)c1C. The van der Waals surface area contributed by atoms with Crippen molar-refractivity contribution in [3.63, 3.8) is 0 Å². The van der Waals surface area contributed by atoms with Crippen molar-refractivity contribution in [2.75, 3.05) is 5.73 Å². The number of nitrogen functional groups attached to an aromatic ring is 1. The Morgan fingerprint density at radius 1 is 1.07 bits per heavy atom. The predicted octanol–water partition coefficient (Wildman–Crippen LogP) is 4.19. The Morgan fingerprint density at radius 2 is 1.89 bits per heavy atom. The first-order valence-electron chi connectivity index (χ1n) is 8.39. The van der Waals surface area contributed by atoms with Crippen LogP contribution in [-0.4, -0.2) is 19.5 Å². The van der Waals surface area contributed by atoms with E-state index in [2.05, 4.69) is 9.97 Å². The van der Waals surface area contributed by atoms with Gasteiger partial charge in [-0.25, -0.2) is 9.97 Å². The molecule has 2 heterocycles. The second-order valence-electron chi connectivity index (χ2n) is 6.45. The van der Waals surface area contributed by atoms with Crippen LogP contribution in [0.1, 0.15) is 11.1 Å². The molecule has 0 atom stereocenters. The molecule has 2 N–H and O–H groups in total. The highest BCUT2D eigenvalue weighted by atomic mass is 16.6. The van der Waals surface area contributed by atoms with Crippen LogP contribution in [0.2, 0.25) is 0 Å². The molecule has 2 aromatic carbocycles.